The van der Waals surface area contributed by atoms with Crippen LogP contribution in [0.15, 0.2) is 261 Å². The van der Waals surface area contributed by atoms with Crippen LogP contribution in [0.25, 0.3) is 110 Å². The number of para-hydroxylation sites is 4. The number of anilines is 3. The summed E-state index contributed by atoms with van der Waals surface area (Å²) in [5.74, 6) is 0. The number of aromatic nitrogens is 2. The van der Waals surface area contributed by atoms with Gasteiger partial charge in [-0.3, -0.25) is 0 Å². The zero-order valence-corrected chi connectivity index (χ0v) is 41.2. The third kappa shape index (κ3) is 6.33. The van der Waals surface area contributed by atoms with Crippen molar-refractivity contribution in [1.29, 1.82) is 0 Å². The monoisotopic (exact) mass is 943 g/mol. The lowest BCUT2D eigenvalue weighted by Crippen LogP contribution is -2.17. The van der Waals surface area contributed by atoms with Gasteiger partial charge in [0.2, 0.25) is 0 Å². The van der Waals surface area contributed by atoms with E-state index in [9.17, 15) is 0 Å². The Morgan fingerprint density at radius 2 is 0.797 bits per heavy atom. The second-order valence-corrected chi connectivity index (χ2v) is 20.5. The highest BCUT2D eigenvalue weighted by atomic mass is 15.1. The molecule has 0 amide bonds. The van der Waals surface area contributed by atoms with E-state index in [0.29, 0.717) is 0 Å². The molecule has 3 heteroatoms. The van der Waals surface area contributed by atoms with Gasteiger partial charge in [-0.1, -0.05) is 190 Å². The Kier molecular flexibility index (Phi) is 9.31. The van der Waals surface area contributed by atoms with Crippen molar-refractivity contribution in [3.8, 4) is 44.8 Å². The lowest BCUT2D eigenvalue weighted by molar-refractivity contribution is 0.660. The van der Waals surface area contributed by atoms with Gasteiger partial charge in [0.25, 0.3) is 0 Å². The van der Waals surface area contributed by atoms with Crippen molar-refractivity contribution < 1.29 is 0 Å². The SMILES string of the molecule is CC1(C)c2cc(-c3ccc4c(c3)c3ccccc3n4-c3ccccc3)ccc2-c2ccc(N(c3cccc4ccccc34)c3ccc(-c4ccc5c6ccccc6n(-c6ccccc6)c5c4)c4ccccc34)cc21. The summed E-state index contributed by atoms with van der Waals surface area (Å²) in [6, 6.07) is 96.5. The van der Waals surface area contributed by atoms with E-state index >= 15 is 0 Å². The molecule has 1 aliphatic rings. The molecule has 15 rings (SSSR count). The van der Waals surface area contributed by atoms with Crippen LogP contribution in [0, 0.1) is 0 Å². The highest BCUT2D eigenvalue weighted by Crippen LogP contribution is 2.53. The van der Waals surface area contributed by atoms with Gasteiger partial charge in [-0.2, -0.15) is 0 Å². The zero-order chi connectivity index (χ0) is 49.1. The van der Waals surface area contributed by atoms with Crippen LogP contribution in [0.1, 0.15) is 25.0 Å². The number of hydrogen-bond donors (Lipinski definition) is 0. The molecule has 12 aromatic carbocycles. The summed E-state index contributed by atoms with van der Waals surface area (Å²) in [6.45, 7) is 4.81. The summed E-state index contributed by atoms with van der Waals surface area (Å²) in [5.41, 5.74) is 20.4. The molecule has 14 aromatic rings. The topological polar surface area (TPSA) is 13.1 Å². The quantitative estimate of drug-likeness (QED) is 0.155. The number of fused-ring (bicyclic) bond motifs is 11. The van der Waals surface area contributed by atoms with Crippen LogP contribution < -0.4 is 4.90 Å². The van der Waals surface area contributed by atoms with Gasteiger partial charge in [0.15, 0.2) is 0 Å². The molecule has 0 radical (unpaired) electrons. The number of benzene rings is 12. The van der Waals surface area contributed by atoms with E-state index in [4.69, 9.17) is 0 Å². The van der Waals surface area contributed by atoms with Crippen LogP contribution >= 0.6 is 0 Å². The van der Waals surface area contributed by atoms with Crippen molar-refractivity contribution in [1.82, 2.24) is 9.13 Å². The molecule has 0 spiro atoms. The van der Waals surface area contributed by atoms with Crippen molar-refractivity contribution in [2.24, 2.45) is 0 Å². The normalized spacial score (nSPS) is 12.8. The molecule has 2 aromatic heterocycles. The van der Waals surface area contributed by atoms with Gasteiger partial charge in [-0.15, -0.1) is 0 Å². The van der Waals surface area contributed by atoms with Crippen LogP contribution in [0.5, 0.6) is 0 Å². The van der Waals surface area contributed by atoms with Crippen LogP contribution in [0.4, 0.5) is 17.1 Å². The molecule has 0 saturated heterocycles. The van der Waals surface area contributed by atoms with E-state index in [0.717, 1.165) is 22.7 Å². The molecule has 1 aliphatic carbocycles. The summed E-state index contributed by atoms with van der Waals surface area (Å²) in [4.78, 5) is 2.51. The average Bonchev–Trinajstić information content (AvgIpc) is 4.05. The van der Waals surface area contributed by atoms with Crippen LogP contribution in [-0.2, 0) is 5.41 Å². The number of rotatable bonds is 7. The minimum absolute atomic E-state index is 0.263. The molecule has 348 valence electrons. The molecule has 74 heavy (non-hydrogen) atoms. The van der Waals surface area contributed by atoms with E-state index in [1.54, 1.807) is 0 Å². The van der Waals surface area contributed by atoms with Crippen molar-refractivity contribution >= 4 is 82.2 Å². The van der Waals surface area contributed by atoms with Gasteiger partial charge in [-0.05, 0) is 140 Å². The fourth-order valence-electron chi connectivity index (χ4n) is 12.6. The highest BCUT2D eigenvalue weighted by Gasteiger charge is 2.37. The lowest BCUT2D eigenvalue weighted by atomic mass is 9.81. The molecule has 3 nitrogen and oxygen atoms in total. The molecular formula is C71H49N3. The fraction of sp³-hybridized carbons (Fsp3) is 0.0423. The molecule has 0 fully saturated rings. The number of nitrogens with zero attached hydrogens (tertiary/aromatic N) is 3. The first kappa shape index (κ1) is 42.3. The first-order valence-electron chi connectivity index (χ1n) is 25.8. The summed E-state index contributed by atoms with van der Waals surface area (Å²) in [7, 11) is 0. The van der Waals surface area contributed by atoms with Gasteiger partial charge < -0.3 is 14.0 Å². The van der Waals surface area contributed by atoms with Crippen molar-refractivity contribution in [2.75, 3.05) is 4.90 Å². The molecule has 0 aliphatic heterocycles. The minimum atomic E-state index is -0.263. The second kappa shape index (κ2) is 16.3. The summed E-state index contributed by atoms with van der Waals surface area (Å²) in [5, 5.41) is 9.85. The second-order valence-electron chi connectivity index (χ2n) is 20.5. The maximum absolute atomic E-state index is 2.51. The highest BCUT2D eigenvalue weighted by molar-refractivity contribution is 6.14. The Morgan fingerprint density at radius 1 is 0.297 bits per heavy atom. The van der Waals surface area contributed by atoms with Crippen LogP contribution in [0.2, 0.25) is 0 Å². The summed E-state index contributed by atoms with van der Waals surface area (Å²) >= 11 is 0. The van der Waals surface area contributed by atoms with Crippen LogP contribution in [-0.4, -0.2) is 9.13 Å². The van der Waals surface area contributed by atoms with Gasteiger partial charge in [0.1, 0.15) is 0 Å². The van der Waals surface area contributed by atoms with E-state index in [1.807, 2.05) is 0 Å². The lowest BCUT2D eigenvalue weighted by Gasteiger charge is -2.30. The van der Waals surface area contributed by atoms with Crippen molar-refractivity contribution in [3.05, 3.63) is 272 Å². The van der Waals surface area contributed by atoms with Gasteiger partial charge in [0, 0.05) is 54.8 Å². The maximum Gasteiger partial charge on any atom is 0.0547 e. The van der Waals surface area contributed by atoms with E-state index in [2.05, 4.69) is 289 Å². The Balaban J connectivity index is 0.865. The molecule has 2 heterocycles. The molecule has 0 N–H and O–H groups in total. The Morgan fingerprint density at radius 3 is 1.54 bits per heavy atom. The number of hydrogen-bond acceptors (Lipinski definition) is 1. The Hall–Kier alpha value is -9.44. The summed E-state index contributed by atoms with van der Waals surface area (Å²) in [6.07, 6.45) is 0. The smallest absolute Gasteiger partial charge is 0.0547 e. The summed E-state index contributed by atoms with van der Waals surface area (Å²) < 4.78 is 4.80. The predicted molar refractivity (Wildman–Crippen MR) is 313 cm³/mol. The molecular weight excluding hydrogens is 895 g/mol. The average molecular weight is 944 g/mol. The van der Waals surface area contributed by atoms with Gasteiger partial charge >= 0.3 is 0 Å². The van der Waals surface area contributed by atoms with E-state index in [-0.39, 0.29) is 5.41 Å². The van der Waals surface area contributed by atoms with E-state index < -0.39 is 0 Å². The molecule has 0 bridgehead atoms. The van der Waals surface area contributed by atoms with Gasteiger partial charge in [-0.25, -0.2) is 0 Å². The molecule has 0 atom stereocenters. The van der Waals surface area contributed by atoms with Gasteiger partial charge in [0.05, 0.1) is 33.4 Å². The Bertz CT molecular complexity index is 4570. The zero-order valence-electron chi connectivity index (χ0n) is 41.2. The van der Waals surface area contributed by atoms with Crippen LogP contribution in [0.3, 0.4) is 0 Å². The third-order valence-electron chi connectivity index (χ3n) is 16.1. The van der Waals surface area contributed by atoms with Crippen molar-refractivity contribution in [3.63, 3.8) is 0 Å². The van der Waals surface area contributed by atoms with Crippen molar-refractivity contribution in [2.45, 2.75) is 19.3 Å². The fourth-order valence-corrected chi connectivity index (χ4v) is 12.6. The first-order chi connectivity index (χ1) is 36.5. The maximum atomic E-state index is 2.51. The van der Waals surface area contributed by atoms with E-state index in [1.165, 1.54) is 115 Å². The minimum Gasteiger partial charge on any atom is -0.309 e. The standard InChI is InChI=1S/C71H49N3/c1-71(2)63-43-48(47-34-40-69-62(42-47)60-28-14-16-30-67(60)72(69)50-20-5-3-6-21-50)32-36-56(63)57-38-35-52(45-64(57)71)74(65-31-17-19-46-18-9-10-24-54(46)65)68-41-39-53(55-25-11-12-26-58(55)68)49-33-37-61-59-27-13-15-29-66(59)73(70(61)44-49)51-22-7-4-8-23-51/h3-45H,1-2H3. The largest absolute Gasteiger partial charge is 0.309 e. The third-order valence-corrected chi connectivity index (χ3v) is 16.1. The molecule has 0 unspecified atom stereocenters. The predicted octanol–water partition coefficient (Wildman–Crippen LogP) is 19.3. The Labute approximate surface area is 430 Å². The molecule has 0 saturated carbocycles. The first-order valence-corrected chi connectivity index (χ1v) is 25.8.